The van der Waals surface area contributed by atoms with Gasteiger partial charge in [-0.25, -0.2) is 0 Å². The lowest BCUT2D eigenvalue weighted by Gasteiger charge is -2.33. The Kier molecular flexibility index (Phi) is 26.0. The van der Waals surface area contributed by atoms with E-state index in [2.05, 4.69) is 43.0 Å². The topological polar surface area (TPSA) is 6.48 Å². The molecule has 0 aromatic carbocycles. The van der Waals surface area contributed by atoms with Crippen LogP contribution in [0.5, 0.6) is 0 Å². The first-order valence-electron chi connectivity index (χ1n) is 18.0. The third-order valence-corrected chi connectivity index (χ3v) is 8.82. The van der Waals surface area contributed by atoms with E-state index in [-0.39, 0.29) is 0 Å². The maximum atomic E-state index is 2.70. The molecule has 0 fully saturated rings. The predicted molar refractivity (Wildman–Crippen MR) is 173 cm³/mol. The van der Waals surface area contributed by atoms with Gasteiger partial charge in [-0.1, -0.05) is 175 Å². The molecule has 1 rings (SSSR count). The fraction of sp³-hybridized carbons (Fsp3) is 0.944. The van der Waals surface area contributed by atoms with Crippen LogP contribution in [-0.2, 0) is 0 Å². The van der Waals surface area contributed by atoms with Crippen LogP contribution in [0.3, 0.4) is 0 Å². The van der Waals surface area contributed by atoms with Gasteiger partial charge < -0.3 is 9.80 Å². The van der Waals surface area contributed by atoms with Crippen molar-refractivity contribution in [3.05, 3.63) is 12.4 Å². The first-order chi connectivity index (χ1) is 18.8. The molecule has 1 heterocycles. The number of hydrogen-bond donors (Lipinski definition) is 0. The van der Waals surface area contributed by atoms with Gasteiger partial charge in [0.15, 0.2) is 0 Å². The highest BCUT2D eigenvalue weighted by Crippen LogP contribution is 2.24. The summed E-state index contributed by atoms with van der Waals surface area (Å²) in [7, 11) is 0. The van der Waals surface area contributed by atoms with E-state index in [1.807, 2.05) is 0 Å². The van der Waals surface area contributed by atoms with Gasteiger partial charge >= 0.3 is 0 Å². The molecule has 0 aromatic heterocycles. The number of unbranched alkanes of at least 4 members (excludes halogenated alkanes) is 24. The molecule has 1 aliphatic rings. The van der Waals surface area contributed by atoms with Crippen LogP contribution in [0.25, 0.3) is 0 Å². The van der Waals surface area contributed by atoms with E-state index in [1.165, 1.54) is 193 Å². The first-order valence-corrected chi connectivity index (χ1v) is 18.0. The van der Waals surface area contributed by atoms with Crippen molar-refractivity contribution in [1.29, 1.82) is 0 Å². The quantitative estimate of drug-likeness (QED) is 0.0848. The largest absolute Gasteiger partial charge is 0.356 e. The monoisotopic (exact) mass is 533 g/mol. The van der Waals surface area contributed by atoms with Crippen LogP contribution in [-0.4, -0.2) is 29.1 Å². The maximum Gasteiger partial charge on any atom is 0.101 e. The van der Waals surface area contributed by atoms with Gasteiger partial charge in [-0.05, 0) is 25.7 Å². The number of hydrogen-bond acceptors (Lipinski definition) is 2. The summed E-state index contributed by atoms with van der Waals surface area (Å²) in [6, 6.07) is 0. The van der Waals surface area contributed by atoms with Crippen molar-refractivity contribution in [1.82, 2.24) is 9.80 Å². The highest BCUT2D eigenvalue weighted by Gasteiger charge is 2.24. The Bertz CT molecular complexity index is 488. The summed E-state index contributed by atoms with van der Waals surface area (Å²) >= 11 is 0. The van der Waals surface area contributed by atoms with Crippen molar-refractivity contribution in [3.8, 4) is 0 Å². The SMILES string of the molecule is CCCCCCCCCCCCCCCCCN1C=CN(CCCCCCCCC)C1CCCCCCC. The van der Waals surface area contributed by atoms with E-state index in [0.29, 0.717) is 6.17 Å². The Morgan fingerprint density at radius 1 is 0.342 bits per heavy atom. The Balaban J connectivity index is 2.11. The predicted octanol–water partition coefficient (Wildman–Crippen LogP) is 12.4. The van der Waals surface area contributed by atoms with Crippen LogP contribution in [0.1, 0.15) is 201 Å². The summed E-state index contributed by atoms with van der Waals surface area (Å²) in [5.41, 5.74) is 0. The minimum atomic E-state index is 0.642. The molecular formula is C36H72N2. The van der Waals surface area contributed by atoms with Gasteiger partial charge in [-0.3, -0.25) is 0 Å². The molecule has 0 saturated carbocycles. The lowest BCUT2D eigenvalue weighted by Crippen LogP contribution is -2.39. The zero-order valence-electron chi connectivity index (χ0n) is 26.8. The van der Waals surface area contributed by atoms with Gasteiger partial charge in [-0.15, -0.1) is 0 Å². The van der Waals surface area contributed by atoms with Crippen molar-refractivity contribution in [2.75, 3.05) is 13.1 Å². The van der Waals surface area contributed by atoms with E-state index in [4.69, 9.17) is 0 Å². The second kappa shape index (κ2) is 27.9. The Labute approximate surface area is 241 Å². The van der Waals surface area contributed by atoms with Crippen molar-refractivity contribution in [2.24, 2.45) is 0 Å². The molecule has 0 aromatic rings. The van der Waals surface area contributed by atoms with Crippen LogP contribution in [0, 0.1) is 0 Å². The molecule has 0 saturated heterocycles. The molecule has 1 atom stereocenters. The zero-order valence-corrected chi connectivity index (χ0v) is 26.8. The number of rotatable bonds is 30. The van der Waals surface area contributed by atoms with Gasteiger partial charge in [0.1, 0.15) is 6.17 Å². The van der Waals surface area contributed by atoms with Crippen LogP contribution in [0.15, 0.2) is 12.4 Å². The molecule has 0 amide bonds. The van der Waals surface area contributed by atoms with Crippen LogP contribution < -0.4 is 0 Å². The molecule has 2 heteroatoms. The molecule has 0 N–H and O–H groups in total. The van der Waals surface area contributed by atoms with Gasteiger partial charge in [0.25, 0.3) is 0 Å². The third-order valence-electron chi connectivity index (χ3n) is 8.82. The van der Waals surface area contributed by atoms with Gasteiger partial charge in [0.2, 0.25) is 0 Å². The summed E-state index contributed by atoms with van der Waals surface area (Å²) in [6.45, 7) is 9.47. The molecular weight excluding hydrogens is 460 g/mol. The van der Waals surface area contributed by atoms with E-state index < -0.39 is 0 Å². The molecule has 0 spiro atoms. The van der Waals surface area contributed by atoms with E-state index in [0.717, 1.165) is 0 Å². The van der Waals surface area contributed by atoms with Gasteiger partial charge in [-0.2, -0.15) is 0 Å². The second-order valence-corrected chi connectivity index (χ2v) is 12.5. The molecule has 1 unspecified atom stereocenters. The lowest BCUT2D eigenvalue weighted by molar-refractivity contribution is 0.135. The van der Waals surface area contributed by atoms with Crippen molar-refractivity contribution < 1.29 is 0 Å². The minimum Gasteiger partial charge on any atom is -0.356 e. The fourth-order valence-corrected chi connectivity index (χ4v) is 6.19. The van der Waals surface area contributed by atoms with E-state index in [9.17, 15) is 0 Å². The zero-order chi connectivity index (χ0) is 27.4. The number of nitrogens with zero attached hydrogens (tertiary/aromatic N) is 2. The average Bonchev–Trinajstić information content (AvgIpc) is 3.31. The summed E-state index contributed by atoms with van der Waals surface area (Å²) in [5.74, 6) is 0. The summed E-state index contributed by atoms with van der Waals surface area (Å²) in [5, 5.41) is 0. The normalized spacial score (nSPS) is 15.3. The van der Waals surface area contributed by atoms with Crippen LogP contribution in [0.4, 0.5) is 0 Å². The summed E-state index contributed by atoms with van der Waals surface area (Å²) in [4.78, 5) is 5.39. The molecule has 226 valence electrons. The standard InChI is InChI=1S/C36H72N2/c1-4-7-10-13-15-16-17-18-19-20-21-22-24-27-30-33-38-35-34-37(32-29-26-23-14-11-8-5-2)36(38)31-28-25-12-9-6-3/h34-36H,4-33H2,1-3H3. The second-order valence-electron chi connectivity index (χ2n) is 12.5. The minimum absolute atomic E-state index is 0.642. The molecule has 0 radical (unpaired) electrons. The van der Waals surface area contributed by atoms with Gasteiger partial charge in [0.05, 0.1) is 0 Å². The molecule has 0 aliphatic carbocycles. The van der Waals surface area contributed by atoms with E-state index in [1.54, 1.807) is 0 Å². The first kappa shape index (κ1) is 35.4. The average molecular weight is 533 g/mol. The fourth-order valence-electron chi connectivity index (χ4n) is 6.19. The highest BCUT2D eigenvalue weighted by molar-refractivity contribution is 4.97. The van der Waals surface area contributed by atoms with E-state index >= 15 is 0 Å². The summed E-state index contributed by atoms with van der Waals surface area (Å²) < 4.78 is 0. The molecule has 38 heavy (non-hydrogen) atoms. The van der Waals surface area contributed by atoms with Gasteiger partial charge in [0, 0.05) is 25.5 Å². The smallest absolute Gasteiger partial charge is 0.101 e. The van der Waals surface area contributed by atoms with Crippen molar-refractivity contribution >= 4 is 0 Å². The van der Waals surface area contributed by atoms with Crippen molar-refractivity contribution in [3.63, 3.8) is 0 Å². The van der Waals surface area contributed by atoms with Crippen LogP contribution in [0.2, 0.25) is 0 Å². The maximum absolute atomic E-state index is 2.70. The van der Waals surface area contributed by atoms with Crippen molar-refractivity contribution in [2.45, 2.75) is 207 Å². The lowest BCUT2D eigenvalue weighted by atomic mass is 10.0. The Morgan fingerprint density at radius 2 is 0.605 bits per heavy atom. The Morgan fingerprint density at radius 3 is 0.921 bits per heavy atom. The highest BCUT2D eigenvalue weighted by atomic mass is 15.4. The molecule has 0 bridgehead atoms. The summed E-state index contributed by atoms with van der Waals surface area (Å²) in [6.07, 6.45) is 45.5. The van der Waals surface area contributed by atoms with Crippen LogP contribution >= 0.6 is 0 Å². The third kappa shape index (κ3) is 20.3. The molecule has 2 nitrogen and oxygen atoms in total. The molecule has 1 aliphatic heterocycles. The Hall–Kier alpha value is -0.660.